The fourth-order valence-corrected chi connectivity index (χ4v) is 7.66. The summed E-state index contributed by atoms with van der Waals surface area (Å²) in [6, 6.07) is 0. The van der Waals surface area contributed by atoms with Gasteiger partial charge in [-0.25, -0.2) is 0 Å². The standard InChI is InChI=1S/C47H87N3O2/c1-5-7-9-11-13-15-17-19-21-23-25-27-29-31-33-37-42-48-46(52)47(40-35-36-41-47)50(44-38-43-49(3)4)45(51)39-34-32-30-28-26-24-22-20-18-16-14-12-10-8-6-2/h14,16,19-22H,5-13,15,17-18,23-44H2,1-4H3,(H,48,52)/b16-14-,21-19-,22-20-. The number of hydrogen-bond acceptors (Lipinski definition) is 3. The minimum atomic E-state index is -0.650. The van der Waals surface area contributed by atoms with Gasteiger partial charge in [0.1, 0.15) is 5.54 Å². The van der Waals surface area contributed by atoms with Gasteiger partial charge in [-0.15, -0.1) is 0 Å². The molecule has 302 valence electrons. The summed E-state index contributed by atoms with van der Waals surface area (Å²) < 4.78 is 0. The Balaban J connectivity index is 2.35. The molecule has 2 amide bonds. The molecule has 5 heteroatoms. The van der Waals surface area contributed by atoms with Crippen LogP contribution in [0.3, 0.4) is 0 Å². The van der Waals surface area contributed by atoms with Gasteiger partial charge in [0.25, 0.3) is 0 Å². The maximum Gasteiger partial charge on any atom is 0.245 e. The fraction of sp³-hybridized carbons (Fsp3) is 0.830. The summed E-state index contributed by atoms with van der Waals surface area (Å²) in [7, 11) is 4.17. The Hall–Kier alpha value is -1.88. The molecule has 0 aromatic heterocycles. The van der Waals surface area contributed by atoms with Crippen LogP contribution >= 0.6 is 0 Å². The van der Waals surface area contributed by atoms with E-state index in [1.54, 1.807) is 0 Å². The number of carbonyl (C=O) groups is 2. The van der Waals surface area contributed by atoms with Crippen LogP contribution in [0.25, 0.3) is 0 Å². The Morgan fingerprint density at radius 1 is 0.538 bits per heavy atom. The minimum absolute atomic E-state index is 0.107. The van der Waals surface area contributed by atoms with E-state index in [0.29, 0.717) is 13.0 Å². The number of carbonyl (C=O) groups excluding carboxylic acids is 2. The zero-order chi connectivity index (χ0) is 37.8. The van der Waals surface area contributed by atoms with Crippen molar-refractivity contribution in [1.29, 1.82) is 0 Å². The van der Waals surface area contributed by atoms with Crippen molar-refractivity contribution in [3.05, 3.63) is 36.5 Å². The second-order valence-corrected chi connectivity index (χ2v) is 16.1. The summed E-state index contributed by atoms with van der Waals surface area (Å²) in [5.41, 5.74) is -0.650. The third-order valence-electron chi connectivity index (χ3n) is 11.0. The van der Waals surface area contributed by atoms with Gasteiger partial charge in [-0.2, -0.15) is 0 Å². The molecule has 0 aromatic rings. The molecule has 1 saturated carbocycles. The molecule has 0 radical (unpaired) electrons. The van der Waals surface area contributed by atoms with Crippen molar-refractivity contribution < 1.29 is 9.59 Å². The van der Waals surface area contributed by atoms with Crippen molar-refractivity contribution in [3.63, 3.8) is 0 Å². The number of rotatable bonds is 36. The van der Waals surface area contributed by atoms with Crippen molar-refractivity contribution in [1.82, 2.24) is 15.1 Å². The molecule has 0 bridgehead atoms. The van der Waals surface area contributed by atoms with E-state index in [2.05, 4.69) is 74.6 Å². The van der Waals surface area contributed by atoms with Gasteiger partial charge in [-0.1, -0.05) is 153 Å². The molecule has 0 aliphatic heterocycles. The third-order valence-corrected chi connectivity index (χ3v) is 11.0. The normalized spacial score (nSPS) is 14.5. The monoisotopic (exact) mass is 726 g/mol. The molecule has 5 nitrogen and oxygen atoms in total. The van der Waals surface area contributed by atoms with Crippen molar-refractivity contribution in [3.8, 4) is 0 Å². The van der Waals surface area contributed by atoms with Gasteiger partial charge >= 0.3 is 0 Å². The predicted molar refractivity (Wildman–Crippen MR) is 228 cm³/mol. The van der Waals surface area contributed by atoms with Crippen molar-refractivity contribution in [2.45, 2.75) is 218 Å². The lowest BCUT2D eigenvalue weighted by Gasteiger charge is -2.40. The highest BCUT2D eigenvalue weighted by Crippen LogP contribution is 2.36. The molecule has 1 aliphatic rings. The van der Waals surface area contributed by atoms with E-state index in [-0.39, 0.29) is 11.8 Å². The molecule has 0 unspecified atom stereocenters. The van der Waals surface area contributed by atoms with E-state index in [0.717, 1.165) is 77.3 Å². The molecule has 1 rings (SSSR count). The van der Waals surface area contributed by atoms with Gasteiger partial charge in [0, 0.05) is 19.5 Å². The maximum absolute atomic E-state index is 13.9. The van der Waals surface area contributed by atoms with Crippen LogP contribution in [0.4, 0.5) is 0 Å². The van der Waals surface area contributed by atoms with E-state index >= 15 is 0 Å². The lowest BCUT2D eigenvalue weighted by atomic mass is 9.92. The van der Waals surface area contributed by atoms with E-state index < -0.39 is 5.54 Å². The van der Waals surface area contributed by atoms with Crippen LogP contribution in [0.5, 0.6) is 0 Å². The molecular weight excluding hydrogens is 639 g/mol. The lowest BCUT2D eigenvalue weighted by molar-refractivity contribution is -0.148. The molecule has 52 heavy (non-hydrogen) atoms. The van der Waals surface area contributed by atoms with Crippen molar-refractivity contribution in [2.24, 2.45) is 0 Å². The first kappa shape index (κ1) is 48.1. The quantitative estimate of drug-likeness (QED) is 0.0517. The van der Waals surface area contributed by atoms with Crippen LogP contribution in [0, 0.1) is 0 Å². The zero-order valence-electron chi connectivity index (χ0n) is 35.2. The molecule has 0 heterocycles. The summed E-state index contributed by atoms with van der Waals surface area (Å²) in [6.45, 7) is 6.87. The number of hydrogen-bond donors (Lipinski definition) is 1. The Morgan fingerprint density at radius 3 is 1.52 bits per heavy atom. The molecule has 0 spiro atoms. The first-order valence-electron chi connectivity index (χ1n) is 22.7. The smallest absolute Gasteiger partial charge is 0.245 e. The Morgan fingerprint density at radius 2 is 0.981 bits per heavy atom. The van der Waals surface area contributed by atoms with Crippen molar-refractivity contribution >= 4 is 11.8 Å². The maximum atomic E-state index is 13.9. The molecule has 0 atom stereocenters. The number of nitrogens with one attached hydrogen (secondary N) is 1. The Labute approximate surface area is 324 Å². The van der Waals surface area contributed by atoms with Crippen molar-refractivity contribution in [2.75, 3.05) is 33.7 Å². The summed E-state index contributed by atoms with van der Waals surface area (Å²) in [6.07, 6.45) is 50.2. The van der Waals surface area contributed by atoms with Gasteiger partial charge in [0.2, 0.25) is 11.8 Å². The Bertz CT molecular complexity index is 918. The largest absolute Gasteiger partial charge is 0.354 e. The molecule has 1 fully saturated rings. The topological polar surface area (TPSA) is 52.7 Å². The summed E-state index contributed by atoms with van der Waals surface area (Å²) in [4.78, 5) is 31.9. The van der Waals surface area contributed by atoms with Crippen LogP contribution in [-0.2, 0) is 9.59 Å². The molecule has 1 aliphatic carbocycles. The number of amides is 2. The van der Waals surface area contributed by atoms with Crippen LogP contribution in [0.15, 0.2) is 36.5 Å². The van der Waals surface area contributed by atoms with Gasteiger partial charge in [-0.05, 0) is 111 Å². The second-order valence-electron chi connectivity index (χ2n) is 16.1. The summed E-state index contributed by atoms with van der Waals surface area (Å²) in [5.74, 6) is 0.301. The van der Waals surface area contributed by atoms with Crippen LogP contribution in [-0.4, -0.2) is 60.9 Å². The molecular formula is C47H87N3O2. The van der Waals surface area contributed by atoms with Gasteiger partial charge < -0.3 is 15.1 Å². The number of unbranched alkanes of at least 4 members (excludes halogenated alkanes) is 20. The van der Waals surface area contributed by atoms with Gasteiger partial charge in [0.05, 0.1) is 0 Å². The highest BCUT2D eigenvalue weighted by Gasteiger charge is 2.47. The van der Waals surface area contributed by atoms with E-state index in [4.69, 9.17) is 0 Å². The predicted octanol–water partition coefficient (Wildman–Crippen LogP) is 13.0. The zero-order valence-corrected chi connectivity index (χ0v) is 35.2. The molecule has 1 N–H and O–H groups in total. The van der Waals surface area contributed by atoms with Gasteiger partial charge in [-0.3, -0.25) is 9.59 Å². The average molecular weight is 726 g/mol. The van der Waals surface area contributed by atoms with Gasteiger partial charge in [0.15, 0.2) is 0 Å². The Kier molecular flexibility index (Phi) is 32.3. The second kappa shape index (κ2) is 34.9. The number of allylic oxidation sites excluding steroid dienone is 6. The highest BCUT2D eigenvalue weighted by molar-refractivity contribution is 5.91. The first-order chi connectivity index (χ1) is 25.5. The third kappa shape index (κ3) is 25.2. The van der Waals surface area contributed by atoms with E-state index in [9.17, 15) is 9.59 Å². The number of nitrogens with zero attached hydrogens (tertiary/aromatic N) is 2. The first-order valence-corrected chi connectivity index (χ1v) is 22.7. The molecule has 0 aromatic carbocycles. The van der Waals surface area contributed by atoms with E-state index in [1.165, 1.54) is 128 Å². The average Bonchev–Trinajstić information content (AvgIpc) is 3.64. The highest BCUT2D eigenvalue weighted by atomic mass is 16.2. The van der Waals surface area contributed by atoms with E-state index in [1.807, 2.05) is 4.90 Å². The van der Waals surface area contributed by atoms with Crippen LogP contribution in [0.1, 0.15) is 213 Å². The lowest BCUT2D eigenvalue weighted by Crippen LogP contribution is -2.59. The summed E-state index contributed by atoms with van der Waals surface area (Å²) in [5, 5.41) is 3.31. The summed E-state index contributed by atoms with van der Waals surface area (Å²) >= 11 is 0. The minimum Gasteiger partial charge on any atom is -0.354 e. The van der Waals surface area contributed by atoms with Crippen LogP contribution in [0.2, 0.25) is 0 Å². The molecule has 0 saturated heterocycles. The SMILES string of the molecule is CCCCC/C=C\C/C=C\CCCCCCCC(=O)N(CCCN(C)C)C1(C(=O)NCCCCCCCC/C=C\CCCCCCCC)CCCC1. The van der Waals surface area contributed by atoms with Crippen LogP contribution < -0.4 is 5.32 Å². The fourth-order valence-electron chi connectivity index (χ4n) is 7.66.